The average Bonchev–Trinajstić information content (AvgIpc) is 3.11. The molecule has 0 aromatic carbocycles. The van der Waals surface area contributed by atoms with Crippen molar-refractivity contribution in [3.8, 4) is 0 Å². The summed E-state index contributed by atoms with van der Waals surface area (Å²) in [5.41, 5.74) is 0.474. The summed E-state index contributed by atoms with van der Waals surface area (Å²) in [6, 6.07) is 3.38. The molecule has 3 amide bonds. The maximum absolute atomic E-state index is 12.3. The number of amides is 3. The van der Waals surface area contributed by atoms with Gasteiger partial charge in [0.15, 0.2) is 0 Å². The number of carbonyl (C=O) groups is 3. The van der Waals surface area contributed by atoms with Gasteiger partial charge in [0.1, 0.15) is 6.54 Å². The minimum absolute atomic E-state index is 0.00267. The summed E-state index contributed by atoms with van der Waals surface area (Å²) in [6.45, 7) is 2.53. The number of hydrogen-bond acceptors (Lipinski definition) is 4. The number of likely N-dealkylation sites (tertiary alicyclic amines) is 1. The molecule has 122 valence electrons. The van der Waals surface area contributed by atoms with Gasteiger partial charge in [0, 0.05) is 38.6 Å². The standard InChI is InChI=1S/C16H20N4O3/c21-14(18-6-1-2-7-18)11-19-8-9-20(12-15(19)22)16(23)13-4-3-5-17-10-13/h3-5,10H,1-2,6-9,11-12H2. The van der Waals surface area contributed by atoms with Gasteiger partial charge >= 0.3 is 0 Å². The van der Waals surface area contributed by atoms with Crippen molar-refractivity contribution < 1.29 is 14.4 Å². The van der Waals surface area contributed by atoms with Crippen molar-refractivity contribution in [3.05, 3.63) is 30.1 Å². The second kappa shape index (κ2) is 6.76. The Morgan fingerprint density at radius 2 is 1.87 bits per heavy atom. The van der Waals surface area contributed by atoms with E-state index in [0.717, 1.165) is 25.9 Å². The molecule has 1 aromatic heterocycles. The predicted octanol–water partition coefficient (Wildman–Crippen LogP) is -0.0116. The molecule has 23 heavy (non-hydrogen) atoms. The smallest absolute Gasteiger partial charge is 0.255 e. The molecular formula is C16H20N4O3. The lowest BCUT2D eigenvalue weighted by Crippen LogP contribution is -2.54. The Kier molecular flexibility index (Phi) is 4.55. The predicted molar refractivity (Wildman–Crippen MR) is 82.5 cm³/mol. The van der Waals surface area contributed by atoms with Gasteiger partial charge in [-0.05, 0) is 25.0 Å². The molecule has 0 atom stereocenters. The van der Waals surface area contributed by atoms with Crippen LogP contribution < -0.4 is 0 Å². The van der Waals surface area contributed by atoms with Crippen molar-refractivity contribution in [2.45, 2.75) is 12.8 Å². The molecule has 0 spiro atoms. The van der Waals surface area contributed by atoms with Crippen LogP contribution in [0, 0.1) is 0 Å². The molecule has 2 saturated heterocycles. The van der Waals surface area contributed by atoms with Gasteiger partial charge in [-0.3, -0.25) is 19.4 Å². The van der Waals surface area contributed by atoms with E-state index >= 15 is 0 Å². The SMILES string of the molecule is O=C(CN1CCN(C(=O)c2cccnc2)CC1=O)N1CCCC1. The topological polar surface area (TPSA) is 73.8 Å². The van der Waals surface area contributed by atoms with Crippen LogP contribution in [-0.2, 0) is 9.59 Å². The number of aromatic nitrogens is 1. The maximum Gasteiger partial charge on any atom is 0.255 e. The Bertz CT molecular complexity index is 599. The second-order valence-corrected chi connectivity index (χ2v) is 5.87. The quantitative estimate of drug-likeness (QED) is 0.786. The third-order valence-corrected chi connectivity index (χ3v) is 4.30. The van der Waals surface area contributed by atoms with Gasteiger partial charge in [-0.1, -0.05) is 0 Å². The largest absolute Gasteiger partial charge is 0.341 e. The van der Waals surface area contributed by atoms with E-state index in [1.807, 2.05) is 0 Å². The molecule has 1 aromatic rings. The molecule has 0 radical (unpaired) electrons. The van der Waals surface area contributed by atoms with Crippen LogP contribution in [0.5, 0.6) is 0 Å². The second-order valence-electron chi connectivity index (χ2n) is 5.87. The Morgan fingerprint density at radius 1 is 1.09 bits per heavy atom. The summed E-state index contributed by atoms with van der Waals surface area (Å²) in [6.07, 6.45) is 5.17. The number of carbonyl (C=O) groups excluding carboxylic acids is 3. The fourth-order valence-corrected chi connectivity index (χ4v) is 2.95. The Morgan fingerprint density at radius 3 is 2.52 bits per heavy atom. The first-order valence-electron chi connectivity index (χ1n) is 7.90. The molecule has 2 fully saturated rings. The van der Waals surface area contributed by atoms with Crippen LogP contribution in [0.2, 0.25) is 0 Å². The van der Waals surface area contributed by atoms with Crippen molar-refractivity contribution in [1.82, 2.24) is 19.7 Å². The number of pyridine rings is 1. The van der Waals surface area contributed by atoms with Crippen molar-refractivity contribution in [2.24, 2.45) is 0 Å². The lowest BCUT2D eigenvalue weighted by atomic mass is 10.2. The van der Waals surface area contributed by atoms with Gasteiger partial charge in [-0.15, -0.1) is 0 Å². The highest BCUT2D eigenvalue weighted by Crippen LogP contribution is 2.11. The molecule has 2 aliphatic heterocycles. The van der Waals surface area contributed by atoms with Crippen molar-refractivity contribution in [1.29, 1.82) is 0 Å². The zero-order valence-electron chi connectivity index (χ0n) is 13.0. The van der Waals surface area contributed by atoms with Crippen LogP contribution in [0.3, 0.4) is 0 Å². The van der Waals surface area contributed by atoms with Gasteiger partial charge in [-0.2, -0.15) is 0 Å². The zero-order valence-corrected chi connectivity index (χ0v) is 13.0. The van der Waals surface area contributed by atoms with Crippen LogP contribution >= 0.6 is 0 Å². The van der Waals surface area contributed by atoms with E-state index in [4.69, 9.17) is 0 Å². The van der Waals surface area contributed by atoms with E-state index in [1.165, 1.54) is 11.1 Å². The fourth-order valence-electron chi connectivity index (χ4n) is 2.95. The molecule has 3 rings (SSSR count). The van der Waals surface area contributed by atoms with Crippen LogP contribution in [0.25, 0.3) is 0 Å². The molecular weight excluding hydrogens is 296 g/mol. The average molecular weight is 316 g/mol. The van der Waals surface area contributed by atoms with Crippen molar-refractivity contribution in [3.63, 3.8) is 0 Å². The maximum atomic E-state index is 12.3. The van der Waals surface area contributed by atoms with E-state index in [-0.39, 0.29) is 30.8 Å². The molecule has 3 heterocycles. The van der Waals surface area contributed by atoms with Crippen LogP contribution in [-0.4, -0.2) is 76.7 Å². The summed E-state index contributed by atoms with van der Waals surface area (Å²) in [5, 5.41) is 0. The number of rotatable bonds is 3. The normalized spacial score (nSPS) is 18.4. The van der Waals surface area contributed by atoms with Crippen LogP contribution in [0.15, 0.2) is 24.5 Å². The lowest BCUT2D eigenvalue weighted by molar-refractivity contribution is -0.142. The van der Waals surface area contributed by atoms with E-state index < -0.39 is 0 Å². The van der Waals surface area contributed by atoms with Crippen molar-refractivity contribution in [2.75, 3.05) is 39.3 Å². The Labute approximate surface area is 134 Å². The first kappa shape index (κ1) is 15.5. The Hall–Kier alpha value is -2.44. The summed E-state index contributed by atoms with van der Waals surface area (Å²) in [7, 11) is 0. The highest BCUT2D eigenvalue weighted by atomic mass is 16.2. The first-order valence-corrected chi connectivity index (χ1v) is 7.90. The van der Waals surface area contributed by atoms with Gasteiger partial charge in [0.25, 0.3) is 5.91 Å². The van der Waals surface area contributed by atoms with Crippen molar-refractivity contribution >= 4 is 17.7 Å². The summed E-state index contributed by atoms with van der Waals surface area (Å²) in [4.78, 5) is 45.5. The van der Waals surface area contributed by atoms with Gasteiger partial charge in [-0.25, -0.2) is 0 Å². The molecule has 0 unspecified atom stereocenters. The number of hydrogen-bond donors (Lipinski definition) is 0. The summed E-state index contributed by atoms with van der Waals surface area (Å²) in [5.74, 6) is -0.374. The molecule has 7 nitrogen and oxygen atoms in total. The van der Waals surface area contributed by atoms with Crippen LogP contribution in [0.4, 0.5) is 0 Å². The number of nitrogens with zero attached hydrogens (tertiary/aromatic N) is 4. The first-order chi connectivity index (χ1) is 11.1. The van der Waals surface area contributed by atoms with Crippen LogP contribution in [0.1, 0.15) is 23.2 Å². The van der Waals surface area contributed by atoms with Gasteiger partial charge in [0.05, 0.1) is 12.1 Å². The lowest BCUT2D eigenvalue weighted by Gasteiger charge is -2.34. The Balaban J connectivity index is 1.56. The molecule has 7 heteroatoms. The third kappa shape index (κ3) is 3.49. The van der Waals surface area contributed by atoms with Gasteiger partial charge in [0.2, 0.25) is 11.8 Å². The van der Waals surface area contributed by atoms with E-state index in [1.54, 1.807) is 28.1 Å². The molecule has 0 N–H and O–H groups in total. The molecule has 0 aliphatic carbocycles. The minimum Gasteiger partial charge on any atom is -0.341 e. The zero-order chi connectivity index (χ0) is 16.2. The molecule has 0 bridgehead atoms. The summed E-state index contributed by atoms with van der Waals surface area (Å²) < 4.78 is 0. The van der Waals surface area contributed by atoms with E-state index in [9.17, 15) is 14.4 Å². The summed E-state index contributed by atoms with van der Waals surface area (Å²) >= 11 is 0. The highest BCUT2D eigenvalue weighted by molar-refractivity contribution is 5.97. The highest BCUT2D eigenvalue weighted by Gasteiger charge is 2.30. The third-order valence-electron chi connectivity index (χ3n) is 4.30. The van der Waals surface area contributed by atoms with E-state index in [0.29, 0.717) is 18.7 Å². The van der Waals surface area contributed by atoms with E-state index in [2.05, 4.69) is 4.98 Å². The minimum atomic E-state index is -0.197. The van der Waals surface area contributed by atoms with Gasteiger partial charge < -0.3 is 14.7 Å². The molecule has 0 saturated carbocycles. The molecule has 2 aliphatic rings. The monoisotopic (exact) mass is 316 g/mol. The fraction of sp³-hybridized carbons (Fsp3) is 0.500. The number of piperazine rings is 1.